The Balaban J connectivity index is 2.42. The third kappa shape index (κ3) is 5.60. The molecule has 1 aromatic carbocycles. The number of nitrogens with one attached hydrogen (secondary N) is 2. The molecule has 94 valence electrons. The number of hydrogen-bond acceptors (Lipinski definition) is 3. The number of carbonyl (C=O) groups excluding carboxylic acids is 1. The summed E-state index contributed by atoms with van der Waals surface area (Å²) in [7, 11) is 0. The molecule has 0 heterocycles. The quantitative estimate of drug-likeness (QED) is 0.724. The van der Waals surface area contributed by atoms with Crippen molar-refractivity contribution in [2.24, 2.45) is 0 Å². The molecule has 0 saturated carbocycles. The minimum atomic E-state index is -0.295. The van der Waals surface area contributed by atoms with Gasteiger partial charge in [-0.15, -0.1) is 0 Å². The Morgan fingerprint density at radius 3 is 2.65 bits per heavy atom. The van der Waals surface area contributed by atoms with Crippen molar-refractivity contribution in [2.45, 2.75) is 6.42 Å². The number of hydrogen-bond donors (Lipinski definition) is 3. The number of thioether (sulfide) groups is 1. The van der Waals surface area contributed by atoms with Crippen LogP contribution in [-0.2, 0) is 6.42 Å². The zero-order chi connectivity index (χ0) is 12.5. The number of carbonyl (C=O) groups is 1. The summed E-state index contributed by atoms with van der Waals surface area (Å²) >= 11 is 1.82. The van der Waals surface area contributed by atoms with E-state index in [1.165, 1.54) is 5.56 Å². The lowest BCUT2D eigenvalue weighted by Gasteiger charge is -2.07. The molecule has 1 aromatic rings. The van der Waals surface area contributed by atoms with E-state index in [0.717, 1.165) is 17.9 Å². The van der Waals surface area contributed by atoms with E-state index in [1.54, 1.807) is 0 Å². The van der Waals surface area contributed by atoms with E-state index >= 15 is 0 Å². The summed E-state index contributed by atoms with van der Waals surface area (Å²) in [6.07, 6.45) is 3.12. The van der Waals surface area contributed by atoms with Crippen LogP contribution < -0.4 is 10.6 Å². The van der Waals surface area contributed by atoms with Gasteiger partial charge in [-0.3, -0.25) is 0 Å². The standard InChI is InChI=1S/C12H18N2O2S/c1-17-9-6-10-2-4-11(5-3-10)14-12(16)13-7-8-15/h2-5,15H,6-9H2,1H3,(H2,13,14,16). The van der Waals surface area contributed by atoms with Gasteiger partial charge in [-0.1, -0.05) is 12.1 Å². The van der Waals surface area contributed by atoms with E-state index in [-0.39, 0.29) is 19.2 Å². The maximum absolute atomic E-state index is 11.3. The van der Waals surface area contributed by atoms with Crippen molar-refractivity contribution in [1.82, 2.24) is 5.32 Å². The summed E-state index contributed by atoms with van der Waals surface area (Å²) in [4.78, 5) is 11.3. The fourth-order valence-corrected chi connectivity index (χ4v) is 1.76. The number of aliphatic hydroxyl groups is 1. The largest absolute Gasteiger partial charge is 0.395 e. The first-order chi connectivity index (χ1) is 8.26. The third-order valence-corrected chi connectivity index (χ3v) is 2.82. The van der Waals surface area contributed by atoms with Crippen molar-refractivity contribution in [3.63, 3.8) is 0 Å². The highest BCUT2D eigenvalue weighted by Crippen LogP contribution is 2.11. The van der Waals surface area contributed by atoms with Gasteiger partial charge in [0.25, 0.3) is 0 Å². The Kier molecular flexibility index (Phi) is 6.50. The summed E-state index contributed by atoms with van der Waals surface area (Å²) in [5, 5.41) is 13.8. The van der Waals surface area contributed by atoms with Crippen LogP contribution in [0.1, 0.15) is 5.56 Å². The first kappa shape index (κ1) is 13.9. The van der Waals surface area contributed by atoms with Gasteiger partial charge in [0.2, 0.25) is 0 Å². The zero-order valence-corrected chi connectivity index (χ0v) is 10.7. The molecule has 0 atom stereocenters. The Hall–Kier alpha value is -1.20. The number of aliphatic hydroxyl groups excluding tert-OH is 1. The molecule has 0 fully saturated rings. The van der Waals surface area contributed by atoms with Crippen molar-refractivity contribution in [1.29, 1.82) is 0 Å². The summed E-state index contributed by atoms with van der Waals surface area (Å²) in [6.45, 7) is 0.207. The van der Waals surface area contributed by atoms with Crippen LogP contribution in [0.5, 0.6) is 0 Å². The molecule has 0 saturated heterocycles. The normalized spacial score (nSPS) is 10.0. The fraction of sp³-hybridized carbons (Fsp3) is 0.417. The van der Waals surface area contributed by atoms with E-state index in [9.17, 15) is 4.79 Å². The lowest BCUT2D eigenvalue weighted by atomic mass is 10.1. The predicted molar refractivity (Wildman–Crippen MR) is 72.6 cm³/mol. The number of urea groups is 1. The molecule has 3 N–H and O–H groups in total. The number of aryl methyl sites for hydroxylation is 1. The van der Waals surface area contributed by atoms with E-state index < -0.39 is 0 Å². The average Bonchev–Trinajstić information content (AvgIpc) is 2.35. The van der Waals surface area contributed by atoms with Crippen molar-refractivity contribution in [3.8, 4) is 0 Å². The lowest BCUT2D eigenvalue weighted by molar-refractivity contribution is 0.245. The van der Waals surface area contributed by atoms with Crippen LogP contribution in [0, 0.1) is 0 Å². The molecule has 0 bridgehead atoms. The first-order valence-corrected chi connectivity index (χ1v) is 6.89. The third-order valence-electron chi connectivity index (χ3n) is 2.20. The summed E-state index contributed by atoms with van der Waals surface area (Å²) in [5.41, 5.74) is 2.02. The molecule has 0 radical (unpaired) electrons. The van der Waals surface area contributed by atoms with Gasteiger partial charge in [0.15, 0.2) is 0 Å². The molecular weight excluding hydrogens is 236 g/mol. The minimum Gasteiger partial charge on any atom is -0.395 e. The van der Waals surface area contributed by atoms with Crippen molar-refractivity contribution in [3.05, 3.63) is 29.8 Å². The zero-order valence-electron chi connectivity index (χ0n) is 9.90. The molecule has 4 nitrogen and oxygen atoms in total. The van der Waals surface area contributed by atoms with Gasteiger partial charge in [0, 0.05) is 12.2 Å². The van der Waals surface area contributed by atoms with Crippen LogP contribution in [0.3, 0.4) is 0 Å². The molecule has 17 heavy (non-hydrogen) atoms. The number of rotatable bonds is 6. The van der Waals surface area contributed by atoms with Crippen molar-refractivity contribution in [2.75, 3.05) is 30.5 Å². The smallest absolute Gasteiger partial charge is 0.319 e. The highest BCUT2D eigenvalue weighted by atomic mass is 32.2. The fourth-order valence-electron chi connectivity index (χ4n) is 1.32. The summed E-state index contributed by atoms with van der Waals surface area (Å²) in [5.74, 6) is 1.10. The van der Waals surface area contributed by atoms with Crippen LogP contribution in [0.4, 0.5) is 10.5 Å². The molecular formula is C12H18N2O2S. The predicted octanol–water partition coefficient (Wildman–Crippen LogP) is 1.71. The SMILES string of the molecule is CSCCc1ccc(NC(=O)NCCO)cc1. The van der Waals surface area contributed by atoms with E-state index in [1.807, 2.05) is 36.0 Å². The molecule has 5 heteroatoms. The van der Waals surface area contributed by atoms with Gasteiger partial charge >= 0.3 is 6.03 Å². The van der Waals surface area contributed by atoms with E-state index in [2.05, 4.69) is 16.9 Å². The molecule has 0 aliphatic heterocycles. The van der Waals surface area contributed by atoms with Gasteiger partial charge in [-0.05, 0) is 36.1 Å². The Labute approximate surface area is 106 Å². The summed E-state index contributed by atoms with van der Waals surface area (Å²) in [6, 6.07) is 7.49. The van der Waals surface area contributed by atoms with E-state index in [0.29, 0.717) is 0 Å². The second-order valence-electron chi connectivity index (χ2n) is 3.54. The van der Waals surface area contributed by atoms with Gasteiger partial charge in [-0.25, -0.2) is 4.79 Å². The molecule has 0 aliphatic carbocycles. The maximum atomic E-state index is 11.3. The average molecular weight is 254 g/mol. The van der Waals surface area contributed by atoms with Gasteiger partial charge in [0.05, 0.1) is 6.61 Å². The molecule has 0 aliphatic rings. The summed E-state index contributed by atoms with van der Waals surface area (Å²) < 4.78 is 0. The molecule has 2 amide bonds. The lowest BCUT2D eigenvalue weighted by Crippen LogP contribution is -2.30. The van der Waals surface area contributed by atoms with Crippen LogP contribution in [-0.4, -0.2) is 36.3 Å². The second-order valence-corrected chi connectivity index (χ2v) is 4.53. The molecule has 0 unspecified atom stereocenters. The van der Waals surface area contributed by atoms with Crippen molar-refractivity contribution < 1.29 is 9.90 Å². The Morgan fingerprint density at radius 2 is 2.06 bits per heavy atom. The van der Waals surface area contributed by atoms with E-state index in [4.69, 9.17) is 5.11 Å². The Morgan fingerprint density at radius 1 is 1.35 bits per heavy atom. The maximum Gasteiger partial charge on any atom is 0.319 e. The second kappa shape index (κ2) is 7.97. The minimum absolute atomic E-state index is 0.0545. The number of amides is 2. The highest BCUT2D eigenvalue weighted by molar-refractivity contribution is 7.98. The van der Waals surface area contributed by atoms with Crippen LogP contribution >= 0.6 is 11.8 Å². The Bertz CT molecular complexity index is 341. The topological polar surface area (TPSA) is 61.4 Å². The number of benzene rings is 1. The monoisotopic (exact) mass is 254 g/mol. The molecule has 0 spiro atoms. The van der Waals surface area contributed by atoms with Crippen LogP contribution in [0.15, 0.2) is 24.3 Å². The van der Waals surface area contributed by atoms with Gasteiger partial charge < -0.3 is 15.7 Å². The number of anilines is 1. The first-order valence-electron chi connectivity index (χ1n) is 5.50. The highest BCUT2D eigenvalue weighted by Gasteiger charge is 2.00. The molecule has 0 aromatic heterocycles. The van der Waals surface area contributed by atoms with Crippen LogP contribution in [0.25, 0.3) is 0 Å². The van der Waals surface area contributed by atoms with Crippen LogP contribution in [0.2, 0.25) is 0 Å². The molecule has 1 rings (SSSR count). The van der Waals surface area contributed by atoms with Crippen molar-refractivity contribution >= 4 is 23.5 Å². The van der Waals surface area contributed by atoms with Gasteiger partial charge in [0.1, 0.15) is 0 Å². The van der Waals surface area contributed by atoms with Gasteiger partial charge in [-0.2, -0.15) is 11.8 Å².